The van der Waals surface area contributed by atoms with E-state index in [1.54, 1.807) is 6.07 Å². The minimum absolute atomic E-state index is 0.100. The standard InChI is InChI=1S/C18H18F2N4O2S/c1-11-15(16-10-13(20)4-7-17(16)23-11)8-9-22-18(21)24-27(25,26)14-5-2-12(19)3-6-14/h2-7,10,23H,8-9H2,1H3,(H3,21,22,24)/p+1. The topological polar surface area (TPSA) is 102 Å². The molecule has 6 nitrogen and oxygen atoms in total. The van der Waals surface area contributed by atoms with E-state index < -0.39 is 15.8 Å². The van der Waals surface area contributed by atoms with Crippen LogP contribution in [0.3, 0.4) is 0 Å². The lowest BCUT2D eigenvalue weighted by molar-refractivity contribution is -0.458. The van der Waals surface area contributed by atoms with Gasteiger partial charge in [0.15, 0.2) is 0 Å². The number of nitrogens with one attached hydrogen (secondary N) is 3. The Bertz CT molecular complexity index is 1110. The number of guanidine groups is 1. The maximum Gasteiger partial charge on any atom is 0.356 e. The fourth-order valence-electron chi connectivity index (χ4n) is 2.85. The first-order chi connectivity index (χ1) is 12.8. The van der Waals surface area contributed by atoms with Crippen molar-refractivity contribution in [3.63, 3.8) is 0 Å². The second-order valence-corrected chi connectivity index (χ2v) is 7.75. The SMILES string of the molecule is Cc1[nH]c2ccc(F)cc2c1CC[NH+]=C(N)NS(=O)(=O)c1ccc(F)cc1. The van der Waals surface area contributed by atoms with Crippen molar-refractivity contribution in [3.05, 3.63) is 65.4 Å². The van der Waals surface area contributed by atoms with E-state index in [-0.39, 0.29) is 16.7 Å². The third-order valence-electron chi connectivity index (χ3n) is 4.14. The Morgan fingerprint density at radius 2 is 1.81 bits per heavy atom. The third kappa shape index (κ3) is 4.25. The molecule has 2 aromatic carbocycles. The summed E-state index contributed by atoms with van der Waals surface area (Å²) in [7, 11) is -3.91. The Kier molecular flexibility index (Phi) is 5.13. The molecule has 3 aromatic rings. The summed E-state index contributed by atoms with van der Waals surface area (Å²) >= 11 is 0. The second kappa shape index (κ2) is 7.36. The van der Waals surface area contributed by atoms with Crippen LogP contribution >= 0.6 is 0 Å². The van der Waals surface area contributed by atoms with Crippen LogP contribution in [0, 0.1) is 18.6 Å². The molecule has 0 aliphatic heterocycles. The van der Waals surface area contributed by atoms with Gasteiger partial charge in [-0.05, 0) is 55.0 Å². The number of halogens is 2. The largest absolute Gasteiger partial charge is 0.358 e. The van der Waals surface area contributed by atoms with Crippen LogP contribution in [0.4, 0.5) is 8.78 Å². The average molecular weight is 393 g/mol. The van der Waals surface area contributed by atoms with Gasteiger partial charge in [0.1, 0.15) is 16.5 Å². The predicted octanol–water partition coefficient (Wildman–Crippen LogP) is 0.671. The zero-order valence-corrected chi connectivity index (χ0v) is 15.3. The van der Waals surface area contributed by atoms with Crippen molar-refractivity contribution in [3.8, 4) is 0 Å². The Morgan fingerprint density at radius 1 is 1.15 bits per heavy atom. The second-order valence-electron chi connectivity index (χ2n) is 6.07. The molecule has 0 atom stereocenters. The molecular formula is C18H19F2N4O2S+. The first kappa shape index (κ1) is 18.8. The number of nitrogens with two attached hydrogens (primary N) is 1. The van der Waals surface area contributed by atoms with Gasteiger partial charge in [0, 0.05) is 23.0 Å². The molecule has 0 radical (unpaired) electrons. The minimum atomic E-state index is -3.91. The molecule has 0 fully saturated rings. The van der Waals surface area contributed by atoms with Crippen LogP contribution in [0.5, 0.6) is 0 Å². The smallest absolute Gasteiger partial charge is 0.356 e. The molecule has 5 N–H and O–H groups in total. The zero-order valence-electron chi connectivity index (χ0n) is 14.5. The summed E-state index contributed by atoms with van der Waals surface area (Å²) in [4.78, 5) is 5.87. The van der Waals surface area contributed by atoms with Gasteiger partial charge in [-0.25, -0.2) is 8.78 Å². The number of hydrogen-bond acceptors (Lipinski definition) is 2. The highest BCUT2D eigenvalue weighted by atomic mass is 32.2. The number of sulfonamides is 1. The van der Waals surface area contributed by atoms with Crippen LogP contribution in [-0.4, -0.2) is 25.9 Å². The number of hydrogen-bond donors (Lipinski definition) is 4. The van der Waals surface area contributed by atoms with Crippen molar-refractivity contribution in [2.75, 3.05) is 6.54 Å². The van der Waals surface area contributed by atoms with Crippen LogP contribution in [-0.2, 0) is 16.4 Å². The lowest BCUT2D eigenvalue weighted by Crippen LogP contribution is -2.79. The molecule has 0 amide bonds. The van der Waals surface area contributed by atoms with E-state index in [1.807, 2.05) is 6.92 Å². The van der Waals surface area contributed by atoms with Crippen molar-refractivity contribution < 1.29 is 22.2 Å². The van der Waals surface area contributed by atoms with Crippen molar-refractivity contribution in [1.82, 2.24) is 9.71 Å². The van der Waals surface area contributed by atoms with Gasteiger partial charge in [0.05, 0.1) is 6.54 Å². The highest BCUT2D eigenvalue weighted by Crippen LogP contribution is 2.23. The molecule has 0 aliphatic rings. The van der Waals surface area contributed by atoms with Gasteiger partial charge in [0.2, 0.25) is 0 Å². The molecule has 3 rings (SSSR count). The van der Waals surface area contributed by atoms with Crippen LogP contribution < -0.4 is 15.4 Å². The summed E-state index contributed by atoms with van der Waals surface area (Å²) in [5.41, 5.74) is 8.37. The molecule has 1 aromatic heterocycles. The van der Waals surface area contributed by atoms with E-state index >= 15 is 0 Å². The van der Waals surface area contributed by atoms with Crippen molar-refractivity contribution in [2.45, 2.75) is 18.2 Å². The van der Waals surface area contributed by atoms with E-state index in [1.165, 1.54) is 12.1 Å². The number of H-pyrrole nitrogens is 1. The van der Waals surface area contributed by atoms with Crippen molar-refractivity contribution in [2.24, 2.45) is 5.73 Å². The molecule has 0 bridgehead atoms. The van der Waals surface area contributed by atoms with Gasteiger partial charge < -0.3 is 4.98 Å². The molecule has 142 valence electrons. The molecule has 0 aliphatic carbocycles. The molecule has 27 heavy (non-hydrogen) atoms. The summed E-state index contributed by atoms with van der Waals surface area (Å²) in [5.74, 6) is -1.01. The van der Waals surface area contributed by atoms with Gasteiger partial charge in [-0.15, -0.1) is 0 Å². The first-order valence-electron chi connectivity index (χ1n) is 8.17. The summed E-state index contributed by atoms with van der Waals surface area (Å²) < 4.78 is 53.0. The van der Waals surface area contributed by atoms with Gasteiger partial charge in [-0.3, -0.25) is 10.7 Å². The summed E-state index contributed by atoms with van der Waals surface area (Å²) in [6.07, 6.45) is 0.508. The predicted molar refractivity (Wildman–Crippen MR) is 98.4 cm³/mol. The van der Waals surface area contributed by atoms with Crippen molar-refractivity contribution >= 4 is 26.9 Å². The van der Waals surface area contributed by atoms with Crippen LogP contribution in [0.2, 0.25) is 0 Å². The van der Waals surface area contributed by atoms with Crippen molar-refractivity contribution in [1.29, 1.82) is 0 Å². The number of aromatic nitrogens is 1. The third-order valence-corrected chi connectivity index (χ3v) is 5.52. The number of fused-ring (bicyclic) bond motifs is 1. The molecule has 0 saturated heterocycles. The van der Waals surface area contributed by atoms with Crippen LogP contribution in [0.1, 0.15) is 11.3 Å². The number of benzene rings is 2. The number of aromatic amines is 1. The summed E-state index contributed by atoms with van der Waals surface area (Å²) in [6.45, 7) is 2.22. The quantitative estimate of drug-likeness (QED) is 0.379. The van der Waals surface area contributed by atoms with E-state index in [9.17, 15) is 17.2 Å². The van der Waals surface area contributed by atoms with E-state index in [0.29, 0.717) is 13.0 Å². The number of rotatable bonds is 5. The summed E-state index contributed by atoms with van der Waals surface area (Å²) in [5, 5.41) is 0.778. The van der Waals surface area contributed by atoms with Gasteiger partial charge >= 0.3 is 16.0 Å². The van der Waals surface area contributed by atoms with E-state index in [0.717, 1.165) is 46.4 Å². The molecular weight excluding hydrogens is 374 g/mol. The normalized spacial score (nSPS) is 12.5. The average Bonchev–Trinajstić information content (AvgIpc) is 2.90. The molecule has 0 spiro atoms. The molecule has 1 heterocycles. The van der Waals surface area contributed by atoms with Gasteiger partial charge in [-0.2, -0.15) is 13.1 Å². The Labute approximate surface area is 155 Å². The van der Waals surface area contributed by atoms with Crippen LogP contribution in [0.25, 0.3) is 10.9 Å². The van der Waals surface area contributed by atoms with E-state index in [4.69, 9.17) is 5.73 Å². The first-order valence-corrected chi connectivity index (χ1v) is 9.66. The minimum Gasteiger partial charge on any atom is -0.358 e. The number of aryl methyl sites for hydroxylation is 1. The maximum absolute atomic E-state index is 13.5. The molecule has 9 heteroatoms. The Morgan fingerprint density at radius 3 is 2.52 bits per heavy atom. The Balaban J connectivity index is 1.70. The molecule has 0 unspecified atom stereocenters. The zero-order chi connectivity index (χ0) is 19.6. The fourth-order valence-corrected chi connectivity index (χ4v) is 3.83. The Hall–Kier alpha value is -2.94. The van der Waals surface area contributed by atoms with Crippen LogP contribution in [0.15, 0.2) is 47.4 Å². The lowest BCUT2D eigenvalue weighted by Gasteiger charge is -2.03. The fraction of sp³-hybridized carbons (Fsp3) is 0.167. The lowest BCUT2D eigenvalue weighted by atomic mass is 10.1. The van der Waals surface area contributed by atoms with Gasteiger partial charge in [0.25, 0.3) is 0 Å². The van der Waals surface area contributed by atoms with E-state index in [2.05, 4.69) is 14.7 Å². The maximum atomic E-state index is 13.5. The summed E-state index contributed by atoms with van der Waals surface area (Å²) in [6, 6.07) is 8.92. The van der Waals surface area contributed by atoms with Gasteiger partial charge in [-0.1, -0.05) is 0 Å². The highest BCUT2D eigenvalue weighted by molar-refractivity contribution is 7.90. The monoisotopic (exact) mass is 393 g/mol. The highest BCUT2D eigenvalue weighted by Gasteiger charge is 2.19. The molecule has 0 saturated carbocycles.